The average molecular weight is 289 g/mol. The van der Waals surface area contributed by atoms with Crippen LogP contribution in [0.25, 0.3) is 11.3 Å². The van der Waals surface area contributed by atoms with Crippen molar-refractivity contribution < 1.29 is 9.53 Å². The van der Waals surface area contributed by atoms with Crippen molar-refractivity contribution in [3.05, 3.63) is 30.3 Å². The zero-order valence-electron chi connectivity index (χ0n) is 10.8. The highest BCUT2D eigenvalue weighted by Gasteiger charge is 2.24. The second kappa shape index (κ2) is 5.60. The number of ether oxygens (including phenoxy) is 1. The van der Waals surface area contributed by atoms with E-state index in [4.69, 9.17) is 10.5 Å². The Morgan fingerprint density at radius 1 is 1.40 bits per heavy atom. The summed E-state index contributed by atoms with van der Waals surface area (Å²) in [5.74, 6) is -0.143. The summed E-state index contributed by atoms with van der Waals surface area (Å²) in [5, 5.41) is 3.89. The van der Waals surface area contributed by atoms with E-state index in [2.05, 4.69) is 10.3 Å². The zero-order valence-corrected chi connectivity index (χ0v) is 11.7. The van der Waals surface area contributed by atoms with Gasteiger partial charge in [-0.3, -0.25) is 10.1 Å². The van der Waals surface area contributed by atoms with E-state index in [1.165, 1.54) is 11.3 Å². The van der Waals surface area contributed by atoms with Crippen molar-refractivity contribution >= 4 is 27.4 Å². The largest absolute Gasteiger partial charge is 0.389 e. The van der Waals surface area contributed by atoms with Gasteiger partial charge in [-0.15, -0.1) is 0 Å². The van der Waals surface area contributed by atoms with Crippen LogP contribution in [0.5, 0.6) is 0 Å². The summed E-state index contributed by atoms with van der Waals surface area (Å²) >= 11 is 1.28. The number of benzene rings is 1. The first-order chi connectivity index (χ1) is 9.74. The number of nitrogens with one attached hydrogen (secondary N) is 1. The predicted molar refractivity (Wildman–Crippen MR) is 79.6 cm³/mol. The van der Waals surface area contributed by atoms with Crippen molar-refractivity contribution in [1.82, 2.24) is 4.98 Å². The van der Waals surface area contributed by atoms with Crippen LogP contribution < -0.4 is 11.1 Å². The van der Waals surface area contributed by atoms with Crippen LogP contribution in [0.1, 0.15) is 12.8 Å². The topological polar surface area (TPSA) is 77.2 Å². The monoisotopic (exact) mass is 289 g/mol. The molecule has 20 heavy (non-hydrogen) atoms. The lowest BCUT2D eigenvalue weighted by Crippen LogP contribution is -2.26. The van der Waals surface area contributed by atoms with Gasteiger partial charge in [-0.2, -0.15) is 0 Å². The molecule has 0 aliphatic carbocycles. The summed E-state index contributed by atoms with van der Waals surface area (Å²) in [7, 11) is 0. The molecule has 0 bridgehead atoms. The molecule has 5 nitrogen and oxygen atoms in total. The van der Waals surface area contributed by atoms with Gasteiger partial charge in [-0.05, 0) is 12.8 Å². The molecule has 2 heterocycles. The number of rotatable bonds is 3. The van der Waals surface area contributed by atoms with E-state index < -0.39 is 0 Å². The molecule has 1 saturated heterocycles. The van der Waals surface area contributed by atoms with Gasteiger partial charge in [0.25, 0.3) is 5.91 Å². The maximum absolute atomic E-state index is 12.0. The Morgan fingerprint density at radius 3 is 2.90 bits per heavy atom. The van der Waals surface area contributed by atoms with Crippen LogP contribution in [0.3, 0.4) is 0 Å². The molecular formula is C14H15N3O2S. The second-order valence-corrected chi connectivity index (χ2v) is 5.62. The van der Waals surface area contributed by atoms with Gasteiger partial charge < -0.3 is 10.5 Å². The van der Waals surface area contributed by atoms with Crippen LogP contribution in [0.4, 0.5) is 10.1 Å². The first kappa shape index (κ1) is 13.1. The Kier molecular flexibility index (Phi) is 3.66. The number of hydrogen-bond acceptors (Lipinski definition) is 5. The van der Waals surface area contributed by atoms with Gasteiger partial charge in [0.15, 0.2) is 5.13 Å². The summed E-state index contributed by atoms with van der Waals surface area (Å²) in [4.78, 5) is 16.4. The highest BCUT2D eigenvalue weighted by molar-refractivity contribution is 7.20. The fourth-order valence-electron chi connectivity index (χ4n) is 2.16. The maximum atomic E-state index is 12.0. The highest BCUT2D eigenvalue weighted by Crippen LogP contribution is 2.33. The molecule has 1 aliphatic heterocycles. The molecule has 1 amide bonds. The van der Waals surface area contributed by atoms with Crippen LogP contribution in [0.2, 0.25) is 0 Å². The molecule has 1 aromatic heterocycles. The molecule has 3 N–H and O–H groups in total. The van der Waals surface area contributed by atoms with Crippen molar-refractivity contribution in [3.63, 3.8) is 0 Å². The molecule has 2 aromatic rings. The molecule has 1 unspecified atom stereocenters. The number of amides is 1. The van der Waals surface area contributed by atoms with E-state index in [-0.39, 0.29) is 12.0 Å². The van der Waals surface area contributed by atoms with E-state index in [1.807, 2.05) is 30.3 Å². The number of anilines is 2. The van der Waals surface area contributed by atoms with E-state index in [9.17, 15) is 4.79 Å². The van der Waals surface area contributed by atoms with E-state index >= 15 is 0 Å². The van der Waals surface area contributed by atoms with Crippen molar-refractivity contribution in [1.29, 1.82) is 0 Å². The minimum atomic E-state index is -0.361. The molecule has 0 saturated carbocycles. The molecule has 3 rings (SSSR count). The number of hydrogen-bond donors (Lipinski definition) is 2. The molecule has 0 radical (unpaired) electrons. The average Bonchev–Trinajstić information content (AvgIpc) is 3.09. The first-order valence-corrected chi connectivity index (χ1v) is 7.30. The summed E-state index contributed by atoms with van der Waals surface area (Å²) < 4.78 is 5.34. The predicted octanol–water partition coefficient (Wildman–Crippen LogP) is 2.51. The Bertz CT molecular complexity index is 606. The lowest BCUT2D eigenvalue weighted by atomic mass is 10.2. The van der Waals surface area contributed by atoms with E-state index in [0.29, 0.717) is 22.4 Å². The van der Waals surface area contributed by atoms with Gasteiger partial charge in [-0.25, -0.2) is 4.98 Å². The van der Waals surface area contributed by atoms with Crippen LogP contribution >= 0.6 is 11.3 Å². The summed E-state index contributed by atoms with van der Waals surface area (Å²) in [6, 6.07) is 9.68. The highest BCUT2D eigenvalue weighted by atomic mass is 32.1. The lowest BCUT2D eigenvalue weighted by molar-refractivity contribution is -0.124. The van der Waals surface area contributed by atoms with Crippen LogP contribution in [0, 0.1) is 0 Å². The van der Waals surface area contributed by atoms with Crippen molar-refractivity contribution in [2.45, 2.75) is 18.9 Å². The number of nitrogens with two attached hydrogens (primary N) is 1. The molecule has 1 aromatic carbocycles. The van der Waals surface area contributed by atoms with Crippen molar-refractivity contribution in [2.75, 3.05) is 17.7 Å². The molecular weight excluding hydrogens is 274 g/mol. The van der Waals surface area contributed by atoms with E-state index in [1.54, 1.807) is 0 Å². The maximum Gasteiger partial charge on any atom is 0.255 e. The Morgan fingerprint density at radius 2 is 2.20 bits per heavy atom. The lowest BCUT2D eigenvalue weighted by Gasteiger charge is -2.07. The third-order valence-electron chi connectivity index (χ3n) is 3.15. The van der Waals surface area contributed by atoms with Gasteiger partial charge in [0.05, 0.1) is 0 Å². The van der Waals surface area contributed by atoms with E-state index in [0.717, 1.165) is 18.4 Å². The number of carbonyl (C=O) groups is 1. The van der Waals surface area contributed by atoms with Gasteiger partial charge in [0, 0.05) is 12.2 Å². The van der Waals surface area contributed by atoms with Gasteiger partial charge in [0.2, 0.25) is 0 Å². The second-order valence-electron chi connectivity index (χ2n) is 4.59. The molecule has 0 spiro atoms. The molecule has 1 atom stereocenters. The van der Waals surface area contributed by atoms with Gasteiger partial charge in [-0.1, -0.05) is 41.7 Å². The van der Waals surface area contributed by atoms with Gasteiger partial charge in [0.1, 0.15) is 16.8 Å². The Hall–Kier alpha value is -1.92. The molecule has 1 aliphatic rings. The summed E-state index contributed by atoms with van der Waals surface area (Å²) in [6.07, 6.45) is 1.33. The smallest absolute Gasteiger partial charge is 0.255 e. The summed E-state index contributed by atoms with van der Waals surface area (Å²) in [5.41, 5.74) is 7.63. The van der Waals surface area contributed by atoms with Crippen molar-refractivity contribution in [2.24, 2.45) is 0 Å². The number of carbonyl (C=O) groups excluding carboxylic acids is 1. The number of aromatic nitrogens is 1. The standard InChI is InChI=1S/C14H15N3O2S/c15-12-11(9-5-2-1-3-6-9)16-14(20-12)17-13(18)10-7-4-8-19-10/h1-3,5-6,10H,4,7-8,15H2,(H,16,17,18). The Balaban J connectivity index is 1.77. The number of thiazole rings is 1. The quantitative estimate of drug-likeness (QED) is 0.910. The molecule has 1 fully saturated rings. The third-order valence-corrected chi connectivity index (χ3v) is 3.95. The fraction of sp³-hybridized carbons (Fsp3) is 0.286. The first-order valence-electron chi connectivity index (χ1n) is 6.48. The minimum Gasteiger partial charge on any atom is -0.389 e. The summed E-state index contributed by atoms with van der Waals surface area (Å²) in [6.45, 7) is 0.646. The molecule has 104 valence electrons. The Labute approximate surface area is 120 Å². The molecule has 6 heteroatoms. The zero-order chi connectivity index (χ0) is 13.9. The SMILES string of the molecule is Nc1sc(NC(=O)C2CCCO2)nc1-c1ccccc1. The van der Waals surface area contributed by atoms with Gasteiger partial charge >= 0.3 is 0 Å². The normalized spacial score (nSPS) is 18.1. The number of nitrogen functional groups attached to an aromatic ring is 1. The fourth-order valence-corrected chi connectivity index (χ4v) is 2.92. The number of nitrogens with zero attached hydrogens (tertiary/aromatic N) is 1. The third kappa shape index (κ3) is 2.66. The van der Waals surface area contributed by atoms with Crippen LogP contribution in [-0.2, 0) is 9.53 Å². The van der Waals surface area contributed by atoms with Crippen LogP contribution in [-0.4, -0.2) is 23.6 Å². The van der Waals surface area contributed by atoms with Crippen molar-refractivity contribution in [3.8, 4) is 11.3 Å². The van der Waals surface area contributed by atoms with Crippen LogP contribution in [0.15, 0.2) is 30.3 Å². The minimum absolute atomic E-state index is 0.143.